The highest BCUT2D eigenvalue weighted by molar-refractivity contribution is 5.85. The van der Waals surface area contributed by atoms with Crippen LogP contribution in [0.15, 0.2) is 0 Å². The van der Waals surface area contributed by atoms with E-state index < -0.39 is 0 Å². The molecule has 1 fully saturated rings. The van der Waals surface area contributed by atoms with Crippen LogP contribution in [0.3, 0.4) is 0 Å². The van der Waals surface area contributed by atoms with Crippen molar-refractivity contribution in [1.82, 2.24) is 10.2 Å². The number of amides is 1. The topological polar surface area (TPSA) is 58.4 Å². The average molecular weight is 278 g/mol. The minimum Gasteiger partial charge on any atom is -0.353 e. The molecule has 5 heteroatoms. The van der Waals surface area contributed by atoms with Crippen LogP contribution in [0, 0.1) is 0 Å². The second-order valence-corrected chi connectivity index (χ2v) is 4.94. The molecule has 0 aliphatic carbocycles. The fourth-order valence-electron chi connectivity index (χ4n) is 2.27. The van der Waals surface area contributed by atoms with E-state index >= 15 is 0 Å². The van der Waals surface area contributed by atoms with Crippen LogP contribution >= 0.6 is 12.4 Å². The van der Waals surface area contributed by atoms with Crippen LogP contribution in [-0.4, -0.2) is 43.0 Å². The van der Waals surface area contributed by atoms with Gasteiger partial charge in [-0.1, -0.05) is 26.2 Å². The van der Waals surface area contributed by atoms with Crippen molar-refractivity contribution in [3.63, 3.8) is 0 Å². The van der Waals surface area contributed by atoms with Crippen molar-refractivity contribution in [3.05, 3.63) is 0 Å². The third-order valence-corrected chi connectivity index (χ3v) is 3.36. The van der Waals surface area contributed by atoms with Gasteiger partial charge in [0.2, 0.25) is 5.91 Å². The summed E-state index contributed by atoms with van der Waals surface area (Å²) in [7, 11) is 0. The van der Waals surface area contributed by atoms with Gasteiger partial charge in [-0.15, -0.1) is 12.4 Å². The second kappa shape index (κ2) is 10.6. The Morgan fingerprint density at radius 1 is 1.28 bits per heavy atom. The van der Waals surface area contributed by atoms with E-state index in [1.807, 2.05) is 6.92 Å². The van der Waals surface area contributed by atoms with E-state index in [0.717, 1.165) is 25.9 Å². The highest BCUT2D eigenvalue weighted by atomic mass is 35.5. The van der Waals surface area contributed by atoms with Crippen LogP contribution in [0.1, 0.15) is 45.4 Å². The molecule has 108 valence electrons. The van der Waals surface area contributed by atoms with Crippen LogP contribution in [0.2, 0.25) is 0 Å². The molecule has 1 atom stereocenters. The largest absolute Gasteiger partial charge is 0.353 e. The molecule has 0 spiro atoms. The number of halogens is 1. The van der Waals surface area contributed by atoms with Crippen LogP contribution in [0.25, 0.3) is 0 Å². The lowest BCUT2D eigenvalue weighted by Gasteiger charge is -2.20. The molecule has 1 unspecified atom stereocenters. The summed E-state index contributed by atoms with van der Waals surface area (Å²) in [6.45, 7) is 6.10. The summed E-state index contributed by atoms with van der Waals surface area (Å²) in [6, 6.07) is -0.330. The first kappa shape index (κ1) is 17.7. The molecule has 4 nitrogen and oxygen atoms in total. The van der Waals surface area contributed by atoms with Crippen molar-refractivity contribution in [2.75, 3.05) is 26.2 Å². The summed E-state index contributed by atoms with van der Waals surface area (Å²) in [4.78, 5) is 14.0. The smallest absolute Gasteiger partial charge is 0.236 e. The van der Waals surface area contributed by atoms with E-state index in [-0.39, 0.29) is 24.4 Å². The van der Waals surface area contributed by atoms with E-state index in [1.54, 1.807) is 0 Å². The maximum Gasteiger partial charge on any atom is 0.236 e. The normalized spacial score (nSPS) is 18.6. The molecule has 18 heavy (non-hydrogen) atoms. The monoisotopic (exact) mass is 277 g/mol. The van der Waals surface area contributed by atoms with Crippen molar-refractivity contribution < 1.29 is 4.79 Å². The molecule has 0 aromatic heterocycles. The van der Waals surface area contributed by atoms with Crippen molar-refractivity contribution in [3.8, 4) is 0 Å². The molecule has 1 heterocycles. The van der Waals surface area contributed by atoms with Gasteiger partial charge in [0.05, 0.1) is 6.04 Å². The standard InChI is InChI=1S/C13H27N3O.ClH/c1-2-7-12(14)13(17)15-8-11-16-9-5-3-4-6-10-16;/h12H,2-11,14H2,1H3,(H,15,17);1H. The summed E-state index contributed by atoms with van der Waals surface area (Å²) < 4.78 is 0. The van der Waals surface area contributed by atoms with Crippen LogP contribution < -0.4 is 11.1 Å². The Morgan fingerprint density at radius 3 is 2.44 bits per heavy atom. The first-order valence-electron chi connectivity index (χ1n) is 6.99. The molecule has 0 saturated carbocycles. The molecule has 1 aliphatic heterocycles. The van der Waals surface area contributed by atoms with Crippen LogP contribution in [-0.2, 0) is 4.79 Å². The highest BCUT2D eigenvalue weighted by Gasteiger charge is 2.12. The van der Waals surface area contributed by atoms with E-state index in [4.69, 9.17) is 5.73 Å². The maximum absolute atomic E-state index is 11.6. The first-order chi connectivity index (χ1) is 8.24. The number of rotatable bonds is 6. The minimum absolute atomic E-state index is 0. The Labute approximate surface area is 117 Å². The third kappa shape index (κ3) is 7.19. The predicted octanol–water partition coefficient (Wildman–Crippen LogP) is 1.53. The summed E-state index contributed by atoms with van der Waals surface area (Å²) in [6.07, 6.45) is 7.03. The molecular weight excluding hydrogens is 250 g/mol. The van der Waals surface area contributed by atoms with Gasteiger partial charge in [-0.05, 0) is 32.4 Å². The zero-order valence-corrected chi connectivity index (χ0v) is 12.3. The van der Waals surface area contributed by atoms with Gasteiger partial charge in [0.25, 0.3) is 0 Å². The van der Waals surface area contributed by atoms with Crippen molar-refractivity contribution in [2.24, 2.45) is 5.73 Å². The zero-order valence-electron chi connectivity index (χ0n) is 11.5. The molecule has 3 N–H and O–H groups in total. The number of carbonyl (C=O) groups excluding carboxylic acids is 1. The summed E-state index contributed by atoms with van der Waals surface area (Å²) in [5, 5.41) is 2.93. The van der Waals surface area contributed by atoms with Gasteiger partial charge in [-0.2, -0.15) is 0 Å². The maximum atomic E-state index is 11.6. The third-order valence-electron chi connectivity index (χ3n) is 3.36. The molecule has 1 rings (SSSR count). The Bertz CT molecular complexity index is 218. The number of nitrogens with one attached hydrogen (secondary N) is 1. The summed E-state index contributed by atoms with van der Waals surface area (Å²) in [5.74, 6) is 0.00155. The number of hydrogen-bond acceptors (Lipinski definition) is 3. The molecule has 1 amide bonds. The predicted molar refractivity (Wildman–Crippen MR) is 78.0 cm³/mol. The zero-order chi connectivity index (χ0) is 12.5. The molecule has 1 aliphatic rings. The Morgan fingerprint density at radius 2 is 1.89 bits per heavy atom. The lowest BCUT2D eigenvalue weighted by Crippen LogP contribution is -2.43. The first-order valence-corrected chi connectivity index (χ1v) is 6.99. The fourth-order valence-corrected chi connectivity index (χ4v) is 2.27. The number of likely N-dealkylation sites (tertiary alicyclic amines) is 1. The number of nitrogens with two attached hydrogens (primary N) is 1. The van der Waals surface area contributed by atoms with Gasteiger partial charge in [0.15, 0.2) is 0 Å². The summed E-state index contributed by atoms with van der Waals surface area (Å²) >= 11 is 0. The Kier molecular flexibility index (Phi) is 10.4. The van der Waals surface area contributed by atoms with Gasteiger partial charge in [-0.25, -0.2) is 0 Å². The summed E-state index contributed by atoms with van der Waals surface area (Å²) in [5.41, 5.74) is 5.75. The van der Waals surface area contributed by atoms with Gasteiger partial charge >= 0.3 is 0 Å². The number of hydrogen-bond donors (Lipinski definition) is 2. The van der Waals surface area contributed by atoms with Crippen LogP contribution in [0.4, 0.5) is 0 Å². The lowest BCUT2D eigenvalue weighted by molar-refractivity contribution is -0.122. The number of carbonyl (C=O) groups is 1. The molecule has 0 aromatic carbocycles. The Balaban J connectivity index is 0.00000289. The van der Waals surface area contributed by atoms with Crippen molar-refractivity contribution in [1.29, 1.82) is 0 Å². The van der Waals surface area contributed by atoms with E-state index in [0.29, 0.717) is 0 Å². The molecule has 0 aromatic rings. The minimum atomic E-state index is -0.330. The molecule has 1 saturated heterocycles. The lowest BCUT2D eigenvalue weighted by atomic mass is 10.2. The van der Waals surface area contributed by atoms with E-state index in [2.05, 4.69) is 10.2 Å². The van der Waals surface area contributed by atoms with Crippen LogP contribution in [0.5, 0.6) is 0 Å². The van der Waals surface area contributed by atoms with Gasteiger partial charge in [0, 0.05) is 13.1 Å². The number of nitrogens with zero attached hydrogens (tertiary/aromatic N) is 1. The van der Waals surface area contributed by atoms with E-state index in [9.17, 15) is 4.79 Å². The second-order valence-electron chi connectivity index (χ2n) is 4.94. The Hall–Kier alpha value is -0.320. The quantitative estimate of drug-likeness (QED) is 0.774. The van der Waals surface area contributed by atoms with Crippen molar-refractivity contribution >= 4 is 18.3 Å². The van der Waals surface area contributed by atoms with Gasteiger partial charge < -0.3 is 16.0 Å². The van der Waals surface area contributed by atoms with Gasteiger partial charge in [0.1, 0.15) is 0 Å². The van der Waals surface area contributed by atoms with E-state index in [1.165, 1.54) is 38.8 Å². The molecule has 0 bridgehead atoms. The van der Waals surface area contributed by atoms with Crippen molar-refractivity contribution in [2.45, 2.75) is 51.5 Å². The van der Waals surface area contributed by atoms with Gasteiger partial charge in [-0.3, -0.25) is 4.79 Å². The molecular formula is C13H28ClN3O. The SMILES string of the molecule is CCCC(N)C(=O)NCCN1CCCCCC1.Cl. The average Bonchev–Trinajstić information content (AvgIpc) is 2.58. The highest BCUT2D eigenvalue weighted by Crippen LogP contribution is 2.08. The fraction of sp³-hybridized carbons (Fsp3) is 0.923. The molecule has 0 radical (unpaired) electrons.